The Balaban J connectivity index is 1.73. The molecule has 0 bridgehead atoms. The molecule has 3 N–H and O–H groups in total. The molecule has 0 atom stereocenters. The van der Waals surface area contributed by atoms with Crippen molar-refractivity contribution in [2.24, 2.45) is 5.14 Å². The van der Waals surface area contributed by atoms with E-state index in [0.717, 1.165) is 5.56 Å². The molecule has 0 aromatic heterocycles. The van der Waals surface area contributed by atoms with Gasteiger partial charge in [-0.05, 0) is 35.4 Å². The number of ketones is 1. The van der Waals surface area contributed by atoms with Crippen LogP contribution in [0.25, 0.3) is 11.1 Å². The fraction of sp³-hybridized carbons (Fsp3) is 0. The van der Waals surface area contributed by atoms with E-state index in [9.17, 15) is 18.0 Å². The van der Waals surface area contributed by atoms with Crippen LogP contribution < -0.4 is 10.5 Å². The first-order valence-electron chi connectivity index (χ1n) is 8.07. The van der Waals surface area contributed by atoms with Crippen LogP contribution in [0.5, 0.6) is 0 Å². The second kappa shape index (κ2) is 6.15. The molecule has 3 aromatic rings. The van der Waals surface area contributed by atoms with Crippen LogP contribution in [0.4, 0.5) is 5.69 Å². The van der Waals surface area contributed by atoms with Gasteiger partial charge in [0.25, 0.3) is 5.91 Å². The number of hydrogen-bond donors (Lipinski definition) is 2. The van der Waals surface area contributed by atoms with E-state index in [2.05, 4.69) is 5.32 Å². The maximum Gasteiger partial charge on any atom is 0.256 e. The Morgan fingerprint density at radius 2 is 1.52 bits per heavy atom. The maximum absolute atomic E-state index is 12.8. The fourth-order valence-corrected chi connectivity index (χ4v) is 3.77. The normalized spacial score (nSPS) is 12.4. The summed E-state index contributed by atoms with van der Waals surface area (Å²) in [7, 11) is -3.89. The zero-order valence-electron chi connectivity index (χ0n) is 14.0. The fourth-order valence-electron chi connectivity index (χ4n) is 3.21. The highest BCUT2D eigenvalue weighted by Gasteiger charge is 2.30. The number of benzene rings is 3. The maximum atomic E-state index is 12.8. The summed E-state index contributed by atoms with van der Waals surface area (Å²) in [6.45, 7) is 0. The van der Waals surface area contributed by atoms with Gasteiger partial charge in [0, 0.05) is 16.8 Å². The summed E-state index contributed by atoms with van der Waals surface area (Å²) in [6.07, 6.45) is 0. The molecular weight excluding hydrogens is 364 g/mol. The molecule has 1 aliphatic rings. The first-order chi connectivity index (χ1) is 12.9. The van der Waals surface area contributed by atoms with Gasteiger partial charge in [-0.1, -0.05) is 42.5 Å². The predicted molar refractivity (Wildman–Crippen MR) is 101 cm³/mol. The minimum Gasteiger partial charge on any atom is -0.322 e. The number of carbonyl (C=O) groups excluding carboxylic acids is 2. The SMILES string of the molecule is NS(=O)(=O)c1cccc(NC(=O)c2cccc3c2C(=O)c2ccccc2-3)c1. The number of nitrogens with two attached hydrogens (primary N) is 1. The lowest BCUT2D eigenvalue weighted by Gasteiger charge is -2.10. The number of sulfonamides is 1. The van der Waals surface area contributed by atoms with E-state index in [1.165, 1.54) is 18.2 Å². The first kappa shape index (κ1) is 17.1. The van der Waals surface area contributed by atoms with Gasteiger partial charge in [-0.25, -0.2) is 13.6 Å². The third-order valence-corrected chi connectivity index (χ3v) is 5.33. The monoisotopic (exact) mass is 378 g/mol. The van der Waals surface area contributed by atoms with E-state index >= 15 is 0 Å². The number of carbonyl (C=O) groups is 2. The van der Waals surface area contributed by atoms with Crippen molar-refractivity contribution >= 4 is 27.4 Å². The highest BCUT2D eigenvalue weighted by molar-refractivity contribution is 7.89. The van der Waals surface area contributed by atoms with Gasteiger partial charge in [0.15, 0.2) is 5.78 Å². The highest BCUT2D eigenvalue weighted by atomic mass is 32.2. The van der Waals surface area contributed by atoms with Crippen molar-refractivity contribution in [3.8, 4) is 11.1 Å². The Morgan fingerprint density at radius 3 is 2.26 bits per heavy atom. The second-order valence-corrected chi connectivity index (χ2v) is 7.69. The van der Waals surface area contributed by atoms with Gasteiger partial charge >= 0.3 is 0 Å². The molecule has 134 valence electrons. The summed E-state index contributed by atoms with van der Waals surface area (Å²) in [5.41, 5.74) is 2.91. The van der Waals surface area contributed by atoms with Crippen LogP contribution in [0, 0.1) is 0 Å². The number of primary sulfonamides is 1. The van der Waals surface area contributed by atoms with Gasteiger partial charge in [-0.2, -0.15) is 0 Å². The summed E-state index contributed by atoms with van der Waals surface area (Å²) in [4.78, 5) is 25.5. The van der Waals surface area contributed by atoms with Crippen molar-refractivity contribution in [3.63, 3.8) is 0 Å². The molecule has 0 unspecified atom stereocenters. The summed E-state index contributed by atoms with van der Waals surface area (Å²) in [5, 5.41) is 7.76. The van der Waals surface area contributed by atoms with E-state index in [1.54, 1.807) is 36.4 Å². The molecule has 0 saturated heterocycles. The van der Waals surface area contributed by atoms with Gasteiger partial charge in [0.2, 0.25) is 10.0 Å². The quantitative estimate of drug-likeness (QED) is 0.572. The smallest absolute Gasteiger partial charge is 0.256 e. The van der Waals surface area contributed by atoms with Crippen LogP contribution in [0.2, 0.25) is 0 Å². The average molecular weight is 378 g/mol. The largest absolute Gasteiger partial charge is 0.322 e. The molecule has 0 saturated carbocycles. The minimum atomic E-state index is -3.89. The van der Waals surface area contributed by atoms with Gasteiger partial charge in [0.1, 0.15) is 0 Å². The molecule has 4 rings (SSSR count). The Morgan fingerprint density at radius 1 is 0.852 bits per heavy atom. The topological polar surface area (TPSA) is 106 Å². The number of hydrogen-bond acceptors (Lipinski definition) is 4. The van der Waals surface area contributed by atoms with E-state index < -0.39 is 15.9 Å². The van der Waals surface area contributed by atoms with Gasteiger partial charge in [-0.3, -0.25) is 9.59 Å². The molecular formula is C20H14N2O4S. The molecule has 3 aromatic carbocycles. The van der Waals surface area contributed by atoms with E-state index in [4.69, 9.17) is 5.14 Å². The van der Waals surface area contributed by atoms with Crippen molar-refractivity contribution in [2.75, 3.05) is 5.32 Å². The number of amides is 1. The third-order valence-electron chi connectivity index (χ3n) is 4.42. The molecule has 1 aliphatic carbocycles. The standard InChI is InChI=1S/C20H14N2O4S/c21-27(25,26)13-6-3-5-12(11-13)22-20(24)17-10-4-9-15-14-7-1-2-8-16(14)19(23)18(15)17/h1-11H,(H,22,24)(H2,21,25,26). The van der Waals surface area contributed by atoms with Crippen molar-refractivity contribution in [1.29, 1.82) is 0 Å². The summed E-state index contributed by atoms with van der Waals surface area (Å²) >= 11 is 0. The van der Waals surface area contributed by atoms with Gasteiger partial charge in [0.05, 0.1) is 10.5 Å². The van der Waals surface area contributed by atoms with Crippen LogP contribution >= 0.6 is 0 Å². The molecule has 27 heavy (non-hydrogen) atoms. The Labute approximate surface area is 155 Å². The number of nitrogens with one attached hydrogen (secondary N) is 1. The van der Waals surface area contributed by atoms with Crippen molar-refractivity contribution in [3.05, 3.63) is 83.4 Å². The van der Waals surface area contributed by atoms with Gasteiger partial charge in [-0.15, -0.1) is 0 Å². The Bertz CT molecular complexity index is 1220. The molecule has 1 amide bonds. The summed E-state index contributed by atoms with van der Waals surface area (Å²) in [6, 6.07) is 17.9. The molecule has 0 spiro atoms. The first-order valence-corrected chi connectivity index (χ1v) is 9.62. The zero-order chi connectivity index (χ0) is 19.2. The van der Waals surface area contributed by atoms with Crippen LogP contribution in [-0.4, -0.2) is 20.1 Å². The molecule has 6 nitrogen and oxygen atoms in total. The van der Waals surface area contributed by atoms with Crippen LogP contribution in [0.3, 0.4) is 0 Å². The minimum absolute atomic E-state index is 0.109. The van der Waals surface area contributed by atoms with Gasteiger partial charge < -0.3 is 5.32 Å². The third kappa shape index (κ3) is 2.92. The zero-order valence-corrected chi connectivity index (χ0v) is 14.8. The molecule has 0 aliphatic heterocycles. The van der Waals surface area contributed by atoms with E-state index in [1.807, 2.05) is 12.1 Å². The molecule has 7 heteroatoms. The summed E-state index contributed by atoms with van der Waals surface area (Å²) < 4.78 is 23.0. The van der Waals surface area contributed by atoms with E-state index in [0.29, 0.717) is 16.7 Å². The lowest BCUT2D eigenvalue weighted by atomic mass is 10.0. The molecule has 0 fully saturated rings. The average Bonchev–Trinajstić information content (AvgIpc) is 2.94. The highest BCUT2D eigenvalue weighted by Crippen LogP contribution is 2.38. The van der Waals surface area contributed by atoms with Crippen LogP contribution in [-0.2, 0) is 10.0 Å². The van der Waals surface area contributed by atoms with E-state index in [-0.39, 0.29) is 21.9 Å². The lowest BCUT2D eigenvalue weighted by Crippen LogP contribution is -2.17. The predicted octanol–water partition coefficient (Wildman–Crippen LogP) is 2.80. The van der Waals surface area contributed by atoms with Crippen LogP contribution in [0.15, 0.2) is 71.6 Å². The second-order valence-electron chi connectivity index (χ2n) is 6.13. The van der Waals surface area contributed by atoms with Crippen molar-refractivity contribution in [2.45, 2.75) is 4.90 Å². The summed E-state index contributed by atoms with van der Waals surface area (Å²) in [5.74, 6) is -0.704. The van der Waals surface area contributed by atoms with Crippen molar-refractivity contribution in [1.82, 2.24) is 0 Å². The Kier molecular flexibility index (Phi) is 3.91. The number of fused-ring (bicyclic) bond motifs is 3. The molecule has 0 heterocycles. The molecule has 0 radical (unpaired) electrons. The lowest BCUT2D eigenvalue weighted by molar-refractivity contribution is 0.0998. The number of rotatable bonds is 3. The Hall–Kier alpha value is -3.29. The van der Waals surface area contributed by atoms with Crippen LogP contribution in [0.1, 0.15) is 26.3 Å². The van der Waals surface area contributed by atoms with Crippen molar-refractivity contribution < 1.29 is 18.0 Å². The number of anilines is 1.